The number of carbonyl (C=O) groups is 2. The zero-order chi connectivity index (χ0) is 8.69. The lowest BCUT2D eigenvalue weighted by Gasteiger charge is -1.98. The fraction of sp³-hybridized carbons (Fsp3) is 0.400. The minimum absolute atomic E-state index is 0.0875. The summed E-state index contributed by atoms with van der Waals surface area (Å²) in [6.45, 7) is 1.40. The van der Waals surface area contributed by atoms with Crippen LogP contribution in [0.1, 0.15) is 6.92 Å². The SMILES string of the molecule is C/C(=N\NC(N)=O)OCC=O. The smallest absolute Gasteiger partial charge is 0.332 e. The van der Waals surface area contributed by atoms with Crippen LogP contribution in [0.3, 0.4) is 0 Å². The number of nitrogens with zero attached hydrogens (tertiary/aromatic N) is 1. The van der Waals surface area contributed by atoms with Crippen molar-refractivity contribution in [2.24, 2.45) is 10.8 Å². The van der Waals surface area contributed by atoms with Crippen molar-refractivity contribution >= 4 is 18.2 Å². The van der Waals surface area contributed by atoms with Gasteiger partial charge in [-0.1, -0.05) is 0 Å². The van der Waals surface area contributed by atoms with Gasteiger partial charge in [0.1, 0.15) is 6.61 Å². The van der Waals surface area contributed by atoms with Crippen LogP contribution in [0.5, 0.6) is 0 Å². The fourth-order valence-corrected chi connectivity index (χ4v) is 0.321. The minimum atomic E-state index is -0.779. The van der Waals surface area contributed by atoms with E-state index in [4.69, 9.17) is 0 Å². The fourth-order valence-electron chi connectivity index (χ4n) is 0.321. The van der Waals surface area contributed by atoms with Crippen LogP contribution in [0, 0.1) is 0 Å². The molecule has 0 aromatic heterocycles. The predicted octanol–water partition coefficient (Wildman–Crippen LogP) is -0.796. The molecule has 0 bridgehead atoms. The zero-order valence-corrected chi connectivity index (χ0v) is 6.03. The summed E-state index contributed by atoms with van der Waals surface area (Å²) in [7, 11) is 0. The Morgan fingerprint density at radius 3 is 2.91 bits per heavy atom. The first-order valence-corrected chi connectivity index (χ1v) is 2.83. The van der Waals surface area contributed by atoms with Crippen LogP contribution < -0.4 is 11.2 Å². The van der Waals surface area contributed by atoms with E-state index in [1.54, 1.807) is 0 Å². The molecule has 2 amide bonds. The van der Waals surface area contributed by atoms with Crippen molar-refractivity contribution in [2.45, 2.75) is 6.92 Å². The summed E-state index contributed by atoms with van der Waals surface area (Å²) in [5.74, 6) is 0.177. The van der Waals surface area contributed by atoms with Gasteiger partial charge in [-0.25, -0.2) is 10.2 Å². The number of urea groups is 1. The Labute approximate surface area is 63.4 Å². The van der Waals surface area contributed by atoms with Gasteiger partial charge < -0.3 is 10.5 Å². The van der Waals surface area contributed by atoms with Crippen molar-refractivity contribution in [3.05, 3.63) is 0 Å². The summed E-state index contributed by atoms with van der Waals surface area (Å²) in [6.07, 6.45) is 0.573. The standard InChI is InChI=1S/C5H9N3O3/c1-4(11-3-2-9)7-8-5(6)10/h2H,3H2,1H3,(H3,6,8,10)/b7-4+. The third kappa shape index (κ3) is 6.29. The van der Waals surface area contributed by atoms with Gasteiger partial charge in [0.25, 0.3) is 0 Å². The summed E-state index contributed by atoms with van der Waals surface area (Å²) >= 11 is 0. The average molecular weight is 159 g/mol. The maximum atomic E-state index is 10.1. The third-order valence-electron chi connectivity index (χ3n) is 0.684. The minimum Gasteiger partial charge on any atom is -0.472 e. The molecule has 0 atom stereocenters. The van der Waals surface area contributed by atoms with Crippen LogP contribution in [-0.4, -0.2) is 24.8 Å². The van der Waals surface area contributed by atoms with Gasteiger partial charge in [-0.05, 0) is 0 Å². The second-order valence-electron chi connectivity index (χ2n) is 1.58. The molecule has 6 nitrogen and oxygen atoms in total. The Balaban J connectivity index is 3.62. The maximum absolute atomic E-state index is 10.1. The number of aldehydes is 1. The molecule has 0 spiro atoms. The molecular formula is C5H9N3O3. The second-order valence-corrected chi connectivity index (χ2v) is 1.58. The number of nitrogens with one attached hydrogen (secondary N) is 1. The lowest BCUT2D eigenvalue weighted by molar-refractivity contribution is -0.109. The highest BCUT2D eigenvalue weighted by atomic mass is 16.5. The topological polar surface area (TPSA) is 93.8 Å². The van der Waals surface area contributed by atoms with E-state index < -0.39 is 6.03 Å². The maximum Gasteiger partial charge on any atom is 0.332 e. The summed E-state index contributed by atoms with van der Waals surface area (Å²) in [5, 5.41) is 3.37. The van der Waals surface area contributed by atoms with Gasteiger partial charge in [0.2, 0.25) is 5.90 Å². The molecule has 0 heterocycles. The second kappa shape index (κ2) is 5.21. The first kappa shape index (κ1) is 9.41. The number of rotatable bonds is 3. The van der Waals surface area contributed by atoms with Gasteiger partial charge in [-0.15, -0.1) is 5.10 Å². The Hall–Kier alpha value is -1.59. The molecule has 3 N–H and O–H groups in total. The third-order valence-corrected chi connectivity index (χ3v) is 0.684. The molecule has 0 saturated heterocycles. The van der Waals surface area contributed by atoms with E-state index in [9.17, 15) is 9.59 Å². The highest BCUT2D eigenvalue weighted by Gasteiger charge is 1.91. The highest BCUT2D eigenvalue weighted by Crippen LogP contribution is 1.76. The van der Waals surface area contributed by atoms with E-state index in [1.165, 1.54) is 6.92 Å². The lowest BCUT2D eigenvalue weighted by Crippen LogP contribution is -2.25. The number of hydrogen-bond donors (Lipinski definition) is 2. The Morgan fingerprint density at radius 2 is 2.45 bits per heavy atom. The van der Waals surface area contributed by atoms with E-state index in [1.807, 2.05) is 5.43 Å². The number of amides is 2. The van der Waals surface area contributed by atoms with Crippen molar-refractivity contribution < 1.29 is 14.3 Å². The van der Waals surface area contributed by atoms with Crippen molar-refractivity contribution in [1.29, 1.82) is 0 Å². The van der Waals surface area contributed by atoms with E-state index in [2.05, 4.69) is 15.6 Å². The lowest BCUT2D eigenvalue weighted by atomic mass is 10.7. The number of carbonyl (C=O) groups excluding carboxylic acids is 2. The number of nitrogens with two attached hydrogens (primary N) is 1. The first-order chi connectivity index (χ1) is 5.16. The molecule has 0 aliphatic rings. The molecule has 0 fully saturated rings. The van der Waals surface area contributed by atoms with Gasteiger partial charge in [0, 0.05) is 6.92 Å². The van der Waals surface area contributed by atoms with Crippen LogP contribution in [-0.2, 0) is 9.53 Å². The molecule has 0 aliphatic carbocycles. The molecular weight excluding hydrogens is 150 g/mol. The molecule has 0 saturated carbocycles. The summed E-state index contributed by atoms with van der Waals surface area (Å²) in [6, 6.07) is -0.779. The Morgan fingerprint density at radius 1 is 1.82 bits per heavy atom. The number of hydrazone groups is 1. The molecule has 62 valence electrons. The average Bonchev–Trinajstić information content (AvgIpc) is 1.97. The van der Waals surface area contributed by atoms with E-state index in [0.29, 0.717) is 6.29 Å². The summed E-state index contributed by atoms with van der Waals surface area (Å²) in [4.78, 5) is 19.8. The summed E-state index contributed by atoms with van der Waals surface area (Å²) in [5.41, 5.74) is 6.63. The van der Waals surface area contributed by atoms with Gasteiger partial charge >= 0.3 is 6.03 Å². The number of hydrogen-bond acceptors (Lipinski definition) is 4. The molecule has 11 heavy (non-hydrogen) atoms. The van der Waals surface area contributed by atoms with Crippen molar-refractivity contribution in [3.8, 4) is 0 Å². The molecule has 6 heteroatoms. The quantitative estimate of drug-likeness (QED) is 0.244. The van der Waals surface area contributed by atoms with E-state index in [-0.39, 0.29) is 12.5 Å². The van der Waals surface area contributed by atoms with Gasteiger partial charge in [0.15, 0.2) is 6.29 Å². The molecule has 0 aromatic carbocycles. The van der Waals surface area contributed by atoms with Gasteiger partial charge in [0.05, 0.1) is 0 Å². The van der Waals surface area contributed by atoms with E-state index >= 15 is 0 Å². The first-order valence-electron chi connectivity index (χ1n) is 2.83. The van der Waals surface area contributed by atoms with Crippen LogP contribution in [0.25, 0.3) is 0 Å². The van der Waals surface area contributed by atoms with Crippen molar-refractivity contribution in [2.75, 3.05) is 6.61 Å². The molecule has 0 rings (SSSR count). The van der Waals surface area contributed by atoms with Crippen molar-refractivity contribution in [1.82, 2.24) is 5.43 Å². The Kier molecular flexibility index (Phi) is 4.46. The van der Waals surface area contributed by atoms with Crippen molar-refractivity contribution in [3.63, 3.8) is 0 Å². The monoisotopic (exact) mass is 159 g/mol. The Bertz CT molecular complexity index is 178. The predicted molar refractivity (Wildman–Crippen MR) is 37.8 cm³/mol. The van der Waals surface area contributed by atoms with Gasteiger partial charge in [-0.2, -0.15) is 0 Å². The molecule has 0 aromatic rings. The largest absolute Gasteiger partial charge is 0.472 e. The van der Waals surface area contributed by atoms with Crippen LogP contribution in [0.2, 0.25) is 0 Å². The summed E-state index contributed by atoms with van der Waals surface area (Å²) < 4.78 is 4.65. The molecule has 0 radical (unpaired) electrons. The van der Waals surface area contributed by atoms with Crippen LogP contribution in [0.15, 0.2) is 5.10 Å². The molecule has 0 unspecified atom stereocenters. The highest BCUT2D eigenvalue weighted by molar-refractivity contribution is 5.78. The number of ether oxygens (including phenoxy) is 1. The number of primary amides is 1. The molecule has 0 aliphatic heterocycles. The van der Waals surface area contributed by atoms with Crippen LogP contribution >= 0.6 is 0 Å². The normalized spacial score (nSPS) is 10.5. The van der Waals surface area contributed by atoms with E-state index in [0.717, 1.165) is 0 Å². The zero-order valence-electron chi connectivity index (χ0n) is 6.03. The van der Waals surface area contributed by atoms with Crippen LogP contribution in [0.4, 0.5) is 4.79 Å². The van der Waals surface area contributed by atoms with Gasteiger partial charge in [-0.3, -0.25) is 4.79 Å².